The van der Waals surface area contributed by atoms with Crippen molar-refractivity contribution in [2.45, 2.75) is 57.7 Å². The maximum absolute atomic E-state index is 12.0. The van der Waals surface area contributed by atoms with Gasteiger partial charge < -0.3 is 19.9 Å². The van der Waals surface area contributed by atoms with Gasteiger partial charge in [-0.05, 0) is 66.8 Å². The van der Waals surface area contributed by atoms with Gasteiger partial charge in [0.15, 0.2) is 0 Å². The molecule has 1 rings (SSSR count). The Kier molecular flexibility index (Phi) is 7.10. The summed E-state index contributed by atoms with van der Waals surface area (Å²) in [6.45, 7) is 9.85. The molecule has 0 aromatic heterocycles. The van der Waals surface area contributed by atoms with Crippen LogP contribution in [0.2, 0.25) is 0 Å². The third-order valence-corrected chi connectivity index (χ3v) is 5.17. The smallest absolute Gasteiger partial charge is 0.325 e. The van der Waals surface area contributed by atoms with Crippen LogP contribution in [0.3, 0.4) is 0 Å². The van der Waals surface area contributed by atoms with Crippen LogP contribution in [0.25, 0.3) is 0 Å². The van der Waals surface area contributed by atoms with Gasteiger partial charge in [-0.1, -0.05) is 6.92 Å². The zero-order valence-electron chi connectivity index (χ0n) is 14.6. The predicted octanol–water partition coefficient (Wildman–Crippen LogP) is 1.33. The number of nitrogens with one attached hydrogen (secondary N) is 1. The molecule has 0 aromatic rings. The molecule has 1 N–H and O–H groups in total. The number of rotatable bonds is 7. The lowest BCUT2D eigenvalue weighted by Gasteiger charge is -2.41. The second kappa shape index (κ2) is 8.11. The van der Waals surface area contributed by atoms with Crippen LogP contribution >= 0.6 is 0 Å². The number of hydrogen-bond acceptors (Lipinski definition) is 5. The van der Waals surface area contributed by atoms with E-state index in [1.54, 1.807) is 0 Å². The van der Waals surface area contributed by atoms with Crippen LogP contribution in [0.5, 0.6) is 0 Å². The lowest BCUT2D eigenvalue weighted by molar-refractivity contribution is -0.148. The van der Waals surface area contributed by atoms with E-state index in [9.17, 15) is 4.79 Å². The van der Waals surface area contributed by atoms with E-state index in [1.165, 1.54) is 33.0 Å². The van der Waals surface area contributed by atoms with E-state index in [2.05, 4.69) is 36.0 Å². The summed E-state index contributed by atoms with van der Waals surface area (Å²) in [4.78, 5) is 16.9. The third-order valence-electron chi connectivity index (χ3n) is 5.17. The minimum atomic E-state index is -0.619. The Morgan fingerprint density at radius 3 is 2.48 bits per heavy atom. The Morgan fingerprint density at radius 2 is 2.05 bits per heavy atom. The number of carbonyl (C=O) groups is 1. The molecule has 2 unspecified atom stereocenters. The number of methoxy groups -OCH3 is 1. The number of likely N-dealkylation sites (N-methyl/N-ethyl adjacent to an activating group) is 1. The quantitative estimate of drug-likeness (QED) is 0.719. The van der Waals surface area contributed by atoms with Crippen molar-refractivity contribution in [2.75, 3.05) is 40.8 Å². The van der Waals surface area contributed by atoms with Crippen molar-refractivity contribution in [3.63, 3.8) is 0 Å². The molecule has 0 aliphatic carbocycles. The molecule has 1 saturated heterocycles. The highest BCUT2D eigenvalue weighted by Gasteiger charge is 2.36. The van der Waals surface area contributed by atoms with E-state index >= 15 is 0 Å². The van der Waals surface area contributed by atoms with Crippen molar-refractivity contribution < 1.29 is 9.53 Å². The van der Waals surface area contributed by atoms with Crippen molar-refractivity contribution in [1.82, 2.24) is 15.1 Å². The molecular formula is C16H33N3O2. The van der Waals surface area contributed by atoms with Crippen LogP contribution in [0.1, 0.15) is 40.0 Å². The first-order valence-electron chi connectivity index (χ1n) is 8.09. The van der Waals surface area contributed by atoms with E-state index in [1.807, 2.05) is 14.0 Å². The number of nitrogens with zero attached hydrogens (tertiary/aromatic N) is 2. The fraction of sp³-hybridized carbons (Fsp3) is 0.938. The monoisotopic (exact) mass is 299 g/mol. The van der Waals surface area contributed by atoms with Gasteiger partial charge in [-0.15, -0.1) is 0 Å². The Balaban J connectivity index is 2.58. The lowest BCUT2D eigenvalue weighted by atomic mass is 9.91. The standard InChI is InChI=1S/C16H33N3O2/c1-7-19-10-8-14(9-11-19)18(5)13(2)12-16(3,17-4)15(20)21-6/h13-14,17H,7-12H2,1-6H3. The van der Waals surface area contributed by atoms with Gasteiger partial charge in [-0.2, -0.15) is 0 Å². The predicted molar refractivity (Wildman–Crippen MR) is 86.5 cm³/mol. The van der Waals surface area contributed by atoms with Gasteiger partial charge in [0.25, 0.3) is 0 Å². The van der Waals surface area contributed by atoms with Crippen LogP contribution in [0.4, 0.5) is 0 Å². The van der Waals surface area contributed by atoms with Gasteiger partial charge in [0.2, 0.25) is 0 Å². The van der Waals surface area contributed by atoms with E-state index in [4.69, 9.17) is 4.74 Å². The van der Waals surface area contributed by atoms with Gasteiger partial charge in [-0.3, -0.25) is 4.79 Å². The molecule has 0 saturated carbocycles. The average Bonchev–Trinajstić information content (AvgIpc) is 2.53. The number of esters is 1. The number of ether oxygens (including phenoxy) is 1. The van der Waals surface area contributed by atoms with Crippen molar-refractivity contribution in [3.05, 3.63) is 0 Å². The summed E-state index contributed by atoms with van der Waals surface area (Å²) in [6.07, 6.45) is 3.17. The highest BCUT2D eigenvalue weighted by atomic mass is 16.5. The van der Waals surface area contributed by atoms with Crippen molar-refractivity contribution in [3.8, 4) is 0 Å². The van der Waals surface area contributed by atoms with Crippen molar-refractivity contribution >= 4 is 5.97 Å². The SMILES string of the molecule is CCN1CCC(N(C)C(C)CC(C)(NC)C(=O)OC)CC1. The van der Waals surface area contributed by atoms with Crippen LogP contribution in [-0.4, -0.2) is 74.2 Å². The number of likely N-dealkylation sites (tertiary alicyclic amines) is 1. The molecule has 1 heterocycles. The second-order valence-electron chi connectivity index (χ2n) is 6.46. The fourth-order valence-corrected chi connectivity index (χ4v) is 3.25. The molecule has 0 bridgehead atoms. The Morgan fingerprint density at radius 1 is 1.48 bits per heavy atom. The largest absolute Gasteiger partial charge is 0.468 e. The Labute approximate surface area is 130 Å². The fourth-order valence-electron chi connectivity index (χ4n) is 3.25. The van der Waals surface area contributed by atoms with Crippen LogP contribution in [0.15, 0.2) is 0 Å². The molecule has 21 heavy (non-hydrogen) atoms. The molecule has 5 heteroatoms. The van der Waals surface area contributed by atoms with Crippen LogP contribution in [0, 0.1) is 0 Å². The topological polar surface area (TPSA) is 44.8 Å². The zero-order valence-corrected chi connectivity index (χ0v) is 14.6. The minimum absolute atomic E-state index is 0.189. The average molecular weight is 299 g/mol. The first kappa shape index (κ1) is 18.4. The second-order valence-corrected chi connectivity index (χ2v) is 6.46. The van der Waals surface area contributed by atoms with E-state index in [0.717, 1.165) is 13.0 Å². The zero-order chi connectivity index (χ0) is 16.0. The highest BCUT2D eigenvalue weighted by molar-refractivity contribution is 5.80. The molecule has 0 aromatic carbocycles. The number of hydrogen-bond donors (Lipinski definition) is 1. The van der Waals surface area contributed by atoms with E-state index < -0.39 is 5.54 Å². The lowest BCUT2D eigenvalue weighted by Crippen LogP contribution is -2.54. The highest BCUT2D eigenvalue weighted by Crippen LogP contribution is 2.22. The molecule has 0 radical (unpaired) electrons. The summed E-state index contributed by atoms with van der Waals surface area (Å²) in [7, 11) is 5.46. The van der Waals surface area contributed by atoms with Gasteiger partial charge in [-0.25, -0.2) is 0 Å². The molecule has 5 nitrogen and oxygen atoms in total. The Bertz CT molecular complexity index is 329. The molecule has 1 aliphatic rings. The molecule has 1 fully saturated rings. The molecule has 0 spiro atoms. The minimum Gasteiger partial charge on any atom is -0.468 e. The first-order valence-corrected chi connectivity index (χ1v) is 8.09. The van der Waals surface area contributed by atoms with Gasteiger partial charge in [0.05, 0.1) is 7.11 Å². The van der Waals surface area contributed by atoms with E-state index in [0.29, 0.717) is 12.1 Å². The van der Waals surface area contributed by atoms with Crippen molar-refractivity contribution in [2.24, 2.45) is 0 Å². The van der Waals surface area contributed by atoms with Crippen LogP contribution in [-0.2, 0) is 9.53 Å². The van der Waals surface area contributed by atoms with Gasteiger partial charge >= 0.3 is 5.97 Å². The third kappa shape index (κ3) is 4.66. The molecule has 124 valence electrons. The van der Waals surface area contributed by atoms with Crippen molar-refractivity contribution in [1.29, 1.82) is 0 Å². The first-order chi connectivity index (χ1) is 9.87. The summed E-state index contributed by atoms with van der Waals surface area (Å²) in [6, 6.07) is 0.946. The molecular weight excluding hydrogens is 266 g/mol. The maximum Gasteiger partial charge on any atom is 0.325 e. The van der Waals surface area contributed by atoms with Gasteiger partial charge in [0.1, 0.15) is 5.54 Å². The summed E-state index contributed by atoms with van der Waals surface area (Å²) < 4.78 is 4.93. The summed E-state index contributed by atoms with van der Waals surface area (Å²) >= 11 is 0. The van der Waals surface area contributed by atoms with Gasteiger partial charge in [0, 0.05) is 12.1 Å². The summed E-state index contributed by atoms with van der Waals surface area (Å²) in [5.41, 5.74) is -0.619. The summed E-state index contributed by atoms with van der Waals surface area (Å²) in [5.74, 6) is -0.189. The number of piperidine rings is 1. The molecule has 1 aliphatic heterocycles. The number of carbonyl (C=O) groups excluding carboxylic acids is 1. The molecule has 0 amide bonds. The summed E-state index contributed by atoms with van der Waals surface area (Å²) in [5, 5.41) is 3.12. The normalized spacial score (nSPS) is 22.0. The maximum atomic E-state index is 12.0. The van der Waals surface area contributed by atoms with Crippen LogP contribution < -0.4 is 5.32 Å². The molecule has 2 atom stereocenters. The Hall–Kier alpha value is -0.650. The van der Waals surface area contributed by atoms with E-state index in [-0.39, 0.29) is 5.97 Å².